The molecule has 2 aromatic carbocycles. The molecule has 2 unspecified atom stereocenters. The summed E-state index contributed by atoms with van der Waals surface area (Å²) in [5.74, 6) is 0. The molecule has 2 aliphatic heterocycles. The van der Waals surface area contributed by atoms with Gasteiger partial charge in [-0.2, -0.15) is 0 Å². The zero-order valence-electron chi connectivity index (χ0n) is 19.2. The Bertz CT molecular complexity index is 1530. The minimum atomic E-state index is -0.152. The zero-order chi connectivity index (χ0) is 23.1. The van der Waals surface area contributed by atoms with Gasteiger partial charge in [-0.05, 0) is 49.9 Å². The maximum absolute atomic E-state index is 5.07. The van der Waals surface area contributed by atoms with Gasteiger partial charge in [-0.3, -0.25) is 15.0 Å². The highest BCUT2D eigenvalue weighted by Crippen LogP contribution is 2.31. The number of aryl methyl sites for hydroxylation is 2. The van der Waals surface area contributed by atoms with E-state index in [4.69, 9.17) is 15.0 Å². The molecule has 0 amide bonds. The maximum atomic E-state index is 5.07. The van der Waals surface area contributed by atoms with E-state index in [0.29, 0.717) is 0 Å². The number of aliphatic imine (C=N–C) groups is 1. The van der Waals surface area contributed by atoms with Crippen LogP contribution in [0.15, 0.2) is 96.2 Å². The van der Waals surface area contributed by atoms with Gasteiger partial charge in [0.05, 0.1) is 22.8 Å². The molecule has 2 aromatic heterocycles. The summed E-state index contributed by atoms with van der Waals surface area (Å²) < 4.78 is 0. The van der Waals surface area contributed by atoms with E-state index in [2.05, 4.69) is 77.4 Å². The topological polar surface area (TPSA) is 62.2 Å². The Labute approximate surface area is 198 Å². The Morgan fingerprint density at radius 1 is 0.824 bits per heavy atom. The summed E-state index contributed by atoms with van der Waals surface area (Å²) >= 11 is 0. The number of hydrogen-bond donors (Lipinski definition) is 2. The van der Waals surface area contributed by atoms with Crippen molar-refractivity contribution in [3.63, 3.8) is 0 Å². The van der Waals surface area contributed by atoms with Crippen molar-refractivity contribution in [2.75, 3.05) is 0 Å². The van der Waals surface area contributed by atoms with Crippen LogP contribution in [0.4, 0.5) is 0 Å². The fraction of sp³-hybridized carbons (Fsp3) is 0.138. The lowest BCUT2D eigenvalue weighted by molar-refractivity contribution is 0.509. The van der Waals surface area contributed by atoms with E-state index in [1.54, 1.807) is 0 Å². The first-order valence-electron chi connectivity index (χ1n) is 11.5. The van der Waals surface area contributed by atoms with E-state index in [0.717, 1.165) is 55.7 Å². The van der Waals surface area contributed by atoms with Crippen molar-refractivity contribution in [1.82, 2.24) is 20.6 Å². The molecule has 2 N–H and O–H groups in total. The van der Waals surface area contributed by atoms with E-state index in [1.165, 1.54) is 0 Å². The Morgan fingerprint density at radius 3 is 2.47 bits per heavy atom. The van der Waals surface area contributed by atoms with Gasteiger partial charge in [0.15, 0.2) is 0 Å². The summed E-state index contributed by atoms with van der Waals surface area (Å²) in [6, 6.07) is 21.0. The smallest absolute Gasteiger partial charge is 0.143 e. The predicted molar refractivity (Wildman–Crippen MR) is 140 cm³/mol. The van der Waals surface area contributed by atoms with Crippen LogP contribution in [0.1, 0.15) is 22.5 Å². The largest absolute Gasteiger partial charge is 0.381 e. The molecule has 0 saturated carbocycles. The van der Waals surface area contributed by atoms with Crippen molar-refractivity contribution < 1.29 is 0 Å². The van der Waals surface area contributed by atoms with Crippen molar-refractivity contribution in [2.45, 2.75) is 26.1 Å². The third-order valence-corrected chi connectivity index (χ3v) is 6.28. The first kappa shape index (κ1) is 20.4. The lowest BCUT2D eigenvalue weighted by Gasteiger charge is -2.30. The molecule has 0 aliphatic carbocycles. The number of fused-ring (bicyclic) bond motifs is 3. The molecular weight excluding hydrogens is 418 g/mol. The number of pyridine rings is 2. The van der Waals surface area contributed by atoms with Crippen LogP contribution in [-0.4, -0.2) is 27.9 Å². The lowest BCUT2D eigenvalue weighted by Crippen LogP contribution is -2.46. The quantitative estimate of drug-likeness (QED) is 0.427. The van der Waals surface area contributed by atoms with Gasteiger partial charge in [-0.15, -0.1) is 0 Å². The molecule has 5 heteroatoms. The number of nitrogens with one attached hydrogen (secondary N) is 2. The Morgan fingerprint density at radius 2 is 1.65 bits per heavy atom. The number of hydrogen-bond acceptors (Lipinski definition) is 5. The highest BCUT2D eigenvalue weighted by atomic mass is 15.2. The molecule has 4 aromatic rings. The zero-order valence-corrected chi connectivity index (χ0v) is 19.2. The minimum Gasteiger partial charge on any atom is -0.381 e. The third-order valence-electron chi connectivity index (χ3n) is 6.28. The van der Waals surface area contributed by atoms with Crippen molar-refractivity contribution in [3.05, 3.63) is 114 Å². The molecule has 166 valence electrons. The molecule has 4 heterocycles. The van der Waals surface area contributed by atoms with Gasteiger partial charge < -0.3 is 10.6 Å². The summed E-state index contributed by atoms with van der Waals surface area (Å²) in [4.78, 5) is 14.8. The molecule has 0 bridgehead atoms. The van der Waals surface area contributed by atoms with E-state index >= 15 is 0 Å². The van der Waals surface area contributed by atoms with Crippen LogP contribution in [0, 0.1) is 13.8 Å². The first-order valence-corrected chi connectivity index (χ1v) is 11.5. The summed E-state index contributed by atoms with van der Waals surface area (Å²) in [5.41, 5.74) is 8.01. The first-order chi connectivity index (χ1) is 16.7. The Balaban J connectivity index is 1.54. The van der Waals surface area contributed by atoms with Crippen LogP contribution in [0.2, 0.25) is 0 Å². The van der Waals surface area contributed by atoms with Crippen LogP contribution in [0.3, 0.4) is 0 Å². The molecule has 2 aliphatic rings. The molecule has 0 saturated heterocycles. The van der Waals surface area contributed by atoms with Gasteiger partial charge in [-0.1, -0.05) is 60.7 Å². The maximum Gasteiger partial charge on any atom is 0.143 e. The van der Waals surface area contributed by atoms with E-state index < -0.39 is 0 Å². The van der Waals surface area contributed by atoms with Gasteiger partial charge in [0.25, 0.3) is 0 Å². The number of rotatable bonds is 3. The SMILES string of the molecule is Cc1ccc2ccc3c(C4=CC(c5ccccc5)=NC(C5C=CC=CN5)N4)cc(C)nc3c2n1. The third kappa shape index (κ3) is 3.65. The van der Waals surface area contributed by atoms with E-state index in [9.17, 15) is 0 Å². The van der Waals surface area contributed by atoms with Gasteiger partial charge in [-0.25, -0.2) is 0 Å². The number of dihydropyridines is 1. The number of nitrogens with zero attached hydrogens (tertiary/aromatic N) is 3. The summed E-state index contributed by atoms with van der Waals surface area (Å²) in [6.07, 6.45) is 10.2. The monoisotopic (exact) mass is 443 g/mol. The second-order valence-corrected chi connectivity index (χ2v) is 8.76. The molecule has 5 nitrogen and oxygen atoms in total. The number of aromatic nitrogens is 2. The Kier molecular flexibility index (Phi) is 4.95. The van der Waals surface area contributed by atoms with Gasteiger partial charge in [0, 0.05) is 33.4 Å². The highest BCUT2D eigenvalue weighted by Gasteiger charge is 2.25. The average Bonchev–Trinajstić information content (AvgIpc) is 2.89. The predicted octanol–water partition coefficient (Wildman–Crippen LogP) is 5.20. The summed E-state index contributed by atoms with van der Waals surface area (Å²) in [6.45, 7) is 4.06. The Hall–Kier alpha value is -4.25. The van der Waals surface area contributed by atoms with Crippen LogP contribution < -0.4 is 10.6 Å². The second-order valence-electron chi connectivity index (χ2n) is 8.76. The van der Waals surface area contributed by atoms with Gasteiger partial charge in [0.2, 0.25) is 0 Å². The van der Waals surface area contributed by atoms with Crippen molar-refractivity contribution in [3.8, 4) is 0 Å². The molecule has 2 atom stereocenters. The van der Waals surface area contributed by atoms with Crippen LogP contribution >= 0.6 is 0 Å². The van der Waals surface area contributed by atoms with Crippen LogP contribution in [-0.2, 0) is 0 Å². The molecular formula is C29H25N5. The average molecular weight is 444 g/mol. The van der Waals surface area contributed by atoms with Gasteiger partial charge >= 0.3 is 0 Å². The number of allylic oxidation sites excluding steroid dienone is 3. The van der Waals surface area contributed by atoms with E-state index in [-0.39, 0.29) is 12.2 Å². The standard InChI is InChI=1S/C29H25N5/c1-18-11-12-21-13-14-22-23(16-19(2)32-28(22)27(21)31-18)26-17-25(20-8-4-3-5-9-20)33-29(34-26)24-10-6-7-15-30-24/h3-17,24,29-30,34H,1-2H3. The normalized spacial score (nSPS) is 19.5. The molecule has 0 fully saturated rings. The van der Waals surface area contributed by atoms with Crippen LogP contribution in [0.5, 0.6) is 0 Å². The molecule has 34 heavy (non-hydrogen) atoms. The number of benzene rings is 2. The van der Waals surface area contributed by atoms with Crippen LogP contribution in [0.25, 0.3) is 27.5 Å². The molecule has 0 spiro atoms. The van der Waals surface area contributed by atoms with Gasteiger partial charge in [0.1, 0.15) is 6.17 Å². The molecule has 6 rings (SSSR count). The summed E-state index contributed by atoms with van der Waals surface area (Å²) in [5, 5.41) is 9.30. The van der Waals surface area contributed by atoms with E-state index in [1.807, 2.05) is 38.3 Å². The minimum absolute atomic E-state index is 0.0479. The fourth-order valence-corrected chi connectivity index (χ4v) is 4.63. The second kappa shape index (κ2) is 8.27. The van der Waals surface area contributed by atoms with Crippen molar-refractivity contribution in [2.24, 2.45) is 4.99 Å². The summed E-state index contributed by atoms with van der Waals surface area (Å²) in [7, 11) is 0. The highest BCUT2D eigenvalue weighted by molar-refractivity contribution is 6.15. The lowest BCUT2D eigenvalue weighted by atomic mass is 9.98. The fourth-order valence-electron chi connectivity index (χ4n) is 4.63. The molecule has 0 radical (unpaired) electrons. The van der Waals surface area contributed by atoms with Crippen molar-refractivity contribution in [1.29, 1.82) is 0 Å². The van der Waals surface area contributed by atoms with Crippen molar-refractivity contribution >= 4 is 33.2 Å².